The molecule has 1 N–H and O–H groups in total. The molecule has 1 saturated heterocycles. The zero-order valence-electron chi connectivity index (χ0n) is 16.0. The van der Waals surface area contributed by atoms with Gasteiger partial charge in [0.25, 0.3) is 0 Å². The Balaban J connectivity index is 1.73. The van der Waals surface area contributed by atoms with Gasteiger partial charge < -0.3 is 10.1 Å². The third-order valence-electron chi connectivity index (χ3n) is 4.90. The number of ether oxygens (including phenoxy) is 1. The predicted molar refractivity (Wildman–Crippen MR) is 109 cm³/mol. The molecular weight excluding hydrogens is 417 g/mol. The highest BCUT2D eigenvalue weighted by molar-refractivity contribution is 7.96. The van der Waals surface area contributed by atoms with E-state index >= 15 is 0 Å². The Morgan fingerprint density at radius 1 is 1.07 bits per heavy atom. The maximum atomic E-state index is 13.1. The van der Waals surface area contributed by atoms with Gasteiger partial charge >= 0.3 is 0 Å². The van der Waals surface area contributed by atoms with Crippen molar-refractivity contribution in [2.24, 2.45) is 0 Å². The Morgan fingerprint density at radius 2 is 1.72 bits per heavy atom. The number of hydrogen-bond acceptors (Lipinski definition) is 6. The van der Waals surface area contributed by atoms with E-state index in [-0.39, 0.29) is 16.5 Å². The molecule has 2 atom stereocenters. The molecule has 9 heteroatoms. The molecule has 0 saturated carbocycles. The Kier molecular flexibility index (Phi) is 6.60. The summed E-state index contributed by atoms with van der Waals surface area (Å²) in [5, 5.41) is 2.02. The molecule has 0 spiro atoms. The number of nitrogens with one attached hydrogen (secondary N) is 1. The summed E-state index contributed by atoms with van der Waals surface area (Å²) in [6.07, 6.45) is 0.534. The van der Waals surface area contributed by atoms with Gasteiger partial charge in [0, 0.05) is 6.04 Å². The minimum Gasteiger partial charge on any atom is -0.494 e. The lowest BCUT2D eigenvalue weighted by Crippen LogP contribution is -2.44. The molecule has 0 aliphatic carbocycles. The van der Waals surface area contributed by atoms with Gasteiger partial charge in [-0.1, -0.05) is 12.1 Å². The van der Waals surface area contributed by atoms with Crippen LogP contribution >= 0.6 is 0 Å². The largest absolute Gasteiger partial charge is 0.494 e. The third-order valence-corrected chi connectivity index (χ3v) is 9.06. The number of sulfone groups is 2. The topological polar surface area (TPSA) is 89.5 Å². The van der Waals surface area contributed by atoms with Crippen LogP contribution < -0.4 is 10.1 Å². The van der Waals surface area contributed by atoms with Crippen molar-refractivity contribution in [1.82, 2.24) is 5.32 Å². The van der Waals surface area contributed by atoms with E-state index < -0.39 is 36.7 Å². The molecule has 2 aromatic rings. The van der Waals surface area contributed by atoms with Gasteiger partial charge in [-0.3, -0.25) is 0 Å². The highest BCUT2D eigenvalue weighted by Gasteiger charge is 2.45. The molecule has 0 bridgehead atoms. The average molecular weight is 442 g/mol. The van der Waals surface area contributed by atoms with Gasteiger partial charge in [0.2, 0.25) is 0 Å². The standard InChI is InChI=1S/C20H24FNO5S2/c1-2-27-17-7-9-18(10-8-17)29(25,26)20-14-28(23,24)13-19(20)22-12-11-15-3-5-16(21)6-4-15/h3-10,19-20,22H,2,11-14H2,1H3. The van der Waals surface area contributed by atoms with Crippen LogP contribution in [0.4, 0.5) is 4.39 Å². The Bertz CT molecular complexity index is 1040. The van der Waals surface area contributed by atoms with Crippen molar-refractivity contribution in [2.75, 3.05) is 24.7 Å². The fourth-order valence-corrected chi connectivity index (χ4v) is 8.15. The van der Waals surface area contributed by atoms with Crippen molar-refractivity contribution in [2.45, 2.75) is 29.5 Å². The SMILES string of the molecule is CCOc1ccc(S(=O)(=O)C2CS(=O)(=O)CC2NCCc2ccc(F)cc2)cc1. The van der Waals surface area contributed by atoms with E-state index in [9.17, 15) is 21.2 Å². The molecular formula is C20H24FNO5S2. The van der Waals surface area contributed by atoms with Crippen LogP contribution in [0.2, 0.25) is 0 Å². The van der Waals surface area contributed by atoms with Crippen LogP contribution in [0.5, 0.6) is 5.75 Å². The molecule has 1 aliphatic heterocycles. The van der Waals surface area contributed by atoms with Crippen LogP contribution in [0, 0.1) is 5.82 Å². The van der Waals surface area contributed by atoms with Gasteiger partial charge in [-0.05, 0) is 61.9 Å². The number of benzene rings is 2. The predicted octanol–water partition coefficient (Wildman–Crippen LogP) is 2.00. The van der Waals surface area contributed by atoms with E-state index in [4.69, 9.17) is 4.74 Å². The molecule has 2 unspecified atom stereocenters. The van der Waals surface area contributed by atoms with Gasteiger partial charge in [-0.25, -0.2) is 21.2 Å². The molecule has 0 aromatic heterocycles. The van der Waals surface area contributed by atoms with Crippen LogP contribution in [-0.4, -0.2) is 52.8 Å². The van der Waals surface area contributed by atoms with E-state index in [1.165, 1.54) is 24.3 Å². The lowest BCUT2D eigenvalue weighted by atomic mass is 10.1. The van der Waals surface area contributed by atoms with Gasteiger partial charge in [-0.15, -0.1) is 0 Å². The first-order valence-corrected chi connectivity index (χ1v) is 12.7. The van der Waals surface area contributed by atoms with Gasteiger partial charge in [-0.2, -0.15) is 0 Å². The summed E-state index contributed by atoms with van der Waals surface area (Å²) >= 11 is 0. The summed E-state index contributed by atoms with van der Waals surface area (Å²) < 4.78 is 68.8. The first-order chi connectivity index (χ1) is 13.7. The Morgan fingerprint density at radius 3 is 2.34 bits per heavy atom. The molecule has 0 radical (unpaired) electrons. The van der Waals surface area contributed by atoms with Crippen molar-refractivity contribution in [1.29, 1.82) is 0 Å². The fraction of sp³-hybridized carbons (Fsp3) is 0.400. The van der Waals surface area contributed by atoms with Crippen molar-refractivity contribution in [3.8, 4) is 5.75 Å². The molecule has 158 valence electrons. The monoisotopic (exact) mass is 441 g/mol. The number of rotatable bonds is 8. The first-order valence-electron chi connectivity index (χ1n) is 9.36. The van der Waals surface area contributed by atoms with Crippen molar-refractivity contribution in [3.05, 3.63) is 59.9 Å². The molecule has 3 rings (SSSR count). The van der Waals surface area contributed by atoms with Crippen LogP contribution in [0.1, 0.15) is 12.5 Å². The minimum absolute atomic E-state index is 0.0772. The average Bonchev–Trinajstić information content (AvgIpc) is 2.99. The summed E-state index contributed by atoms with van der Waals surface area (Å²) in [4.78, 5) is 0.0772. The zero-order chi connectivity index (χ0) is 21.1. The highest BCUT2D eigenvalue weighted by Crippen LogP contribution is 2.27. The van der Waals surface area contributed by atoms with Crippen LogP contribution in [-0.2, 0) is 26.1 Å². The van der Waals surface area contributed by atoms with E-state index in [1.807, 2.05) is 6.92 Å². The molecule has 0 amide bonds. The summed E-state index contributed by atoms with van der Waals surface area (Å²) in [5.74, 6) is -0.404. The summed E-state index contributed by atoms with van der Waals surface area (Å²) in [7, 11) is -7.31. The number of hydrogen-bond donors (Lipinski definition) is 1. The lowest BCUT2D eigenvalue weighted by Gasteiger charge is -2.20. The van der Waals surface area contributed by atoms with E-state index in [0.717, 1.165) is 5.56 Å². The molecule has 2 aromatic carbocycles. The normalized spacial score (nSPS) is 21.2. The van der Waals surface area contributed by atoms with Crippen LogP contribution in [0.25, 0.3) is 0 Å². The molecule has 1 fully saturated rings. The second-order valence-electron chi connectivity index (χ2n) is 7.00. The Labute approximate surface area is 170 Å². The molecule has 29 heavy (non-hydrogen) atoms. The number of halogens is 1. The molecule has 6 nitrogen and oxygen atoms in total. The summed E-state index contributed by atoms with van der Waals surface area (Å²) in [6, 6.07) is 11.3. The summed E-state index contributed by atoms with van der Waals surface area (Å²) in [6.45, 7) is 2.68. The second-order valence-corrected chi connectivity index (χ2v) is 11.3. The van der Waals surface area contributed by atoms with Gasteiger partial charge in [0.1, 0.15) is 11.6 Å². The first kappa shape index (κ1) is 21.7. The van der Waals surface area contributed by atoms with Crippen LogP contribution in [0.15, 0.2) is 53.4 Å². The zero-order valence-corrected chi connectivity index (χ0v) is 17.7. The van der Waals surface area contributed by atoms with E-state index in [1.54, 1.807) is 24.3 Å². The van der Waals surface area contributed by atoms with Crippen molar-refractivity contribution in [3.63, 3.8) is 0 Å². The van der Waals surface area contributed by atoms with Crippen molar-refractivity contribution >= 4 is 19.7 Å². The summed E-state index contributed by atoms with van der Waals surface area (Å²) in [5.41, 5.74) is 0.880. The maximum absolute atomic E-state index is 13.1. The van der Waals surface area contributed by atoms with E-state index in [0.29, 0.717) is 25.3 Å². The molecule has 1 heterocycles. The van der Waals surface area contributed by atoms with Gasteiger partial charge in [0.15, 0.2) is 19.7 Å². The minimum atomic E-state index is -3.84. The smallest absolute Gasteiger partial charge is 0.183 e. The fourth-order valence-electron chi connectivity index (χ4n) is 3.43. The van der Waals surface area contributed by atoms with Crippen molar-refractivity contribution < 1.29 is 26.0 Å². The highest BCUT2D eigenvalue weighted by atomic mass is 32.2. The quantitative estimate of drug-likeness (QED) is 0.674. The van der Waals surface area contributed by atoms with Crippen LogP contribution in [0.3, 0.4) is 0 Å². The third kappa shape index (κ3) is 5.34. The second kappa shape index (κ2) is 8.81. The van der Waals surface area contributed by atoms with Gasteiger partial charge in [0.05, 0.1) is 28.3 Å². The Hall–Kier alpha value is -1.97. The van der Waals surface area contributed by atoms with E-state index in [2.05, 4.69) is 5.32 Å². The maximum Gasteiger partial charge on any atom is 0.183 e. The molecule has 1 aliphatic rings. The lowest BCUT2D eigenvalue weighted by molar-refractivity contribution is 0.340.